The van der Waals surface area contributed by atoms with Gasteiger partial charge in [-0.15, -0.1) is 23.2 Å². The summed E-state index contributed by atoms with van der Waals surface area (Å²) in [5.74, 6) is 1.99. The maximum Gasteiger partial charge on any atom is 0.127 e. The molecule has 1 saturated heterocycles. The van der Waals surface area contributed by atoms with Crippen LogP contribution >= 0.6 is 23.2 Å². The molecular weight excluding hydrogens is 553 g/mol. The van der Waals surface area contributed by atoms with Crippen molar-refractivity contribution in [3.05, 3.63) is 83.4 Å². The third-order valence-electron chi connectivity index (χ3n) is 7.83. The highest BCUT2D eigenvalue weighted by atomic mass is 35.5. The highest BCUT2D eigenvalue weighted by Gasteiger charge is 2.33. The van der Waals surface area contributed by atoms with Crippen molar-refractivity contribution in [3.8, 4) is 5.75 Å². The molecular formula is C33H45Cl2N5O. The van der Waals surface area contributed by atoms with E-state index in [-0.39, 0.29) is 6.17 Å². The highest BCUT2D eigenvalue weighted by Crippen LogP contribution is 2.39. The smallest absolute Gasteiger partial charge is 0.127 e. The number of ether oxygens (including phenoxy) is 1. The molecule has 0 spiro atoms. The molecule has 0 aromatic heterocycles. The van der Waals surface area contributed by atoms with E-state index in [0.29, 0.717) is 11.8 Å². The second-order valence-electron chi connectivity index (χ2n) is 11.1. The summed E-state index contributed by atoms with van der Waals surface area (Å²) in [4.78, 5) is 11.7. The minimum absolute atomic E-state index is 0.0734. The molecule has 1 heterocycles. The van der Waals surface area contributed by atoms with Gasteiger partial charge in [0.15, 0.2) is 0 Å². The number of alkyl halides is 2. The Balaban J connectivity index is 1.69. The first-order chi connectivity index (χ1) is 19.8. The van der Waals surface area contributed by atoms with Gasteiger partial charge in [0.25, 0.3) is 0 Å². The molecule has 0 unspecified atom stereocenters. The summed E-state index contributed by atoms with van der Waals surface area (Å²) < 4.78 is 6.07. The molecule has 0 aliphatic carbocycles. The number of methoxy groups -OCH3 is 1. The standard InChI is InChI=1S/C33H45Cl2N5O/c1-36(2)28-11-7-26(8-12-28)24-39-19-6-20-40(25-27-9-13-29(14-10-27)37(3)4)33(39)31-16-15-30(23-32(31)41-5)38(21-17-34)22-18-35/h7-16,23,33H,6,17-22,24-25H2,1-5H3. The first-order valence-corrected chi connectivity index (χ1v) is 15.5. The zero-order valence-corrected chi connectivity index (χ0v) is 26.7. The first kappa shape index (κ1) is 31.3. The fourth-order valence-corrected chi connectivity index (χ4v) is 6.04. The van der Waals surface area contributed by atoms with Gasteiger partial charge < -0.3 is 19.4 Å². The molecule has 1 fully saturated rings. The first-order valence-electron chi connectivity index (χ1n) is 14.4. The zero-order valence-electron chi connectivity index (χ0n) is 25.2. The van der Waals surface area contributed by atoms with E-state index in [4.69, 9.17) is 27.9 Å². The van der Waals surface area contributed by atoms with E-state index in [9.17, 15) is 0 Å². The van der Waals surface area contributed by atoms with E-state index in [1.165, 1.54) is 28.1 Å². The molecule has 0 saturated carbocycles. The largest absolute Gasteiger partial charge is 0.496 e. The van der Waals surface area contributed by atoms with Crippen LogP contribution in [-0.2, 0) is 13.1 Å². The summed E-state index contributed by atoms with van der Waals surface area (Å²) in [6.45, 7) is 5.25. The number of nitrogens with zero attached hydrogens (tertiary/aromatic N) is 5. The van der Waals surface area contributed by atoms with Crippen LogP contribution < -0.4 is 19.4 Å². The van der Waals surface area contributed by atoms with Crippen LogP contribution in [0.25, 0.3) is 0 Å². The second kappa shape index (κ2) is 15.0. The van der Waals surface area contributed by atoms with Crippen molar-refractivity contribution >= 4 is 40.3 Å². The molecule has 4 rings (SSSR count). The van der Waals surface area contributed by atoms with Crippen LogP contribution in [0.3, 0.4) is 0 Å². The van der Waals surface area contributed by atoms with Gasteiger partial charge >= 0.3 is 0 Å². The van der Waals surface area contributed by atoms with Crippen molar-refractivity contribution in [1.82, 2.24) is 9.80 Å². The number of benzene rings is 3. The maximum atomic E-state index is 6.12. The third-order valence-corrected chi connectivity index (χ3v) is 8.17. The molecule has 6 nitrogen and oxygen atoms in total. The van der Waals surface area contributed by atoms with E-state index in [1.54, 1.807) is 7.11 Å². The Bertz CT molecular complexity index is 1150. The molecule has 0 N–H and O–H groups in total. The summed E-state index contributed by atoms with van der Waals surface area (Å²) >= 11 is 12.2. The molecule has 3 aromatic rings. The van der Waals surface area contributed by atoms with Crippen LogP contribution in [0.4, 0.5) is 17.1 Å². The minimum atomic E-state index is 0.0734. The lowest BCUT2D eigenvalue weighted by molar-refractivity contribution is -0.0103. The summed E-state index contributed by atoms with van der Waals surface area (Å²) in [6.07, 6.45) is 1.19. The van der Waals surface area contributed by atoms with Crippen LogP contribution in [0, 0.1) is 0 Å². The molecule has 0 radical (unpaired) electrons. The van der Waals surface area contributed by atoms with Gasteiger partial charge in [-0.2, -0.15) is 0 Å². The lowest BCUT2D eigenvalue weighted by atomic mass is 10.0. The Morgan fingerprint density at radius 1 is 0.707 bits per heavy atom. The topological polar surface area (TPSA) is 25.4 Å². The zero-order chi connectivity index (χ0) is 29.4. The predicted octanol–water partition coefficient (Wildman–Crippen LogP) is 6.52. The second-order valence-corrected chi connectivity index (χ2v) is 11.8. The number of anilines is 3. The van der Waals surface area contributed by atoms with Crippen molar-refractivity contribution in [3.63, 3.8) is 0 Å². The van der Waals surface area contributed by atoms with Crippen LogP contribution in [-0.4, -0.2) is 83.0 Å². The van der Waals surface area contributed by atoms with Crippen molar-refractivity contribution in [2.45, 2.75) is 25.7 Å². The van der Waals surface area contributed by atoms with Crippen LogP contribution in [0.5, 0.6) is 5.75 Å². The summed E-state index contributed by atoms with van der Waals surface area (Å²) in [5, 5.41) is 0. The Morgan fingerprint density at radius 2 is 1.17 bits per heavy atom. The normalized spacial score (nSPS) is 14.7. The van der Waals surface area contributed by atoms with Crippen LogP contribution in [0.1, 0.15) is 29.3 Å². The van der Waals surface area contributed by atoms with Crippen LogP contribution in [0.15, 0.2) is 66.7 Å². The molecule has 1 aliphatic rings. The van der Waals surface area contributed by atoms with Crippen molar-refractivity contribution in [2.75, 3.05) is 87.9 Å². The molecule has 0 bridgehead atoms. The lowest BCUT2D eigenvalue weighted by Crippen LogP contribution is -2.47. The fourth-order valence-electron chi connectivity index (χ4n) is 5.63. The quantitative estimate of drug-likeness (QED) is 0.208. The van der Waals surface area contributed by atoms with Gasteiger partial charge in [-0.05, 0) is 47.9 Å². The van der Waals surface area contributed by atoms with Gasteiger partial charge in [0.05, 0.1) is 13.3 Å². The SMILES string of the molecule is COc1cc(N(CCCl)CCCl)ccc1C1N(Cc2ccc(N(C)C)cc2)CCCN1Cc1ccc(N(C)C)cc1. The summed E-state index contributed by atoms with van der Waals surface area (Å²) in [5.41, 5.74) is 7.30. The van der Waals surface area contributed by atoms with Gasteiger partial charge in [0.1, 0.15) is 5.75 Å². The molecule has 8 heteroatoms. The van der Waals surface area contributed by atoms with Gasteiger partial charge in [-0.3, -0.25) is 9.80 Å². The van der Waals surface area contributed by atoms with Gasteiger partial charge in [0, 0.05) is 108 Å². The molecule has 0 atom stereocenters. The number of hydrogen-bond acceptors (Lipinski definition) is 6. The predicted molar refractivity (Wildman–Crippen MR) is 176 cm³/mol. The summed E-state index contributed by atoms with van der Waals surface area (Å²) in [7, 11) is 10.1. The van der Waals surface area contributed by atoms with Gasteiger partial charge in [-0.1, -0.05) is 30.3 Å². The number of halogens is 2. The van der Waals surface area contributed by atoms with E-state index < -0.39 is 0 Å². The van der Waals surface area contributed by atoms with Crippen molar-refractivity contribution < 1.29 is 4.74 Å². The number of rotatable bonds is 13. The third kappa shape index (κ3) is 8.01. The van der Waals surface area contributed by atoms with E-state index in [0.717, 1.165) is 57.1 Å². The van der Waals surface area contributed by atoms with E-state index >= 15 is 0 Å². The van der Waals surface area contributed by atoms with Crippen molar-refractivity contribution in [2.24, 2.45) is 0 Å². The van der Waals surface area contributed by atoms with E-state index in [2.05, 4.69) is 119 Å². The summed E-state index contributed by atoms with van der Waals surface area (Å²) in [6, 6.07) is 24.4. The molecule has 222 valence electrons. The molecule has 41 heavy (non-hydrogen) atoms. The molecule has 0 amide bonds. The maximum absolute atomic E-state index is 6.12. The number of hydrogen-bond donors (Lipinski definition) is 0. The average Bonchev–Trinajstić information content (AvgIpc) is 2.97. The fraction of sp³-hybridized carbons (Fsp3) is 0.455. The lowest BCUT2D eigenvalue weighted by Gasteiger charge is -2.45. The van der Waals surface area contributed by atoms with Gasteiger partial charge in [0.2, 0.25) is 0 Å². The molecule has 3 aromatic carbocycles. The average molecular weight is 599 g/mol. The monoisotopic (exact) mass is 597 g/mol. The highest BCUT2D eigenvalue weighted by molar-refractivity contribution is 6.18. The Hall–Kier alpha value is -2.64. The van der Waals surface area contributed by atoms with E-state index in [1.807, 2.05) is 0 Å². The minimum Gasteiger partial charge on any atom is -0.496 e. The Labute approximate surface area is 257 Å². The molecule has 1 aliphatic heterocycles. The van der Waals surface area contributed by atoms with Crippen molar-refractivity contribution in [1.29, 1.82) is 0 Å². The van der Waals surface area contributed by atoms with Crippen LogP contribution in [0.2, 0.25) is 0 Å². The Kier molecular flexibility index (Phi) is 11.5. The van der Waals surface area contributed by atoms with Gasteiger partial charge in [-0.25, -0.2) is 0 Å². The Morgan fingerprint density at radius 3 is 1.59 bits per heavy atom.